The maximum atomic E-state index is 12.0. The Kier molecular flexibility index (Phi) is 3.97. The molecule has 1 atom stereocenters. The Morgan fingerprint density at radius 2 is 2.33 bits per heavy atom. The first kappa shape index (κ1) is 14.1. The smallest absolute Gasteiger partial charge is 0.310 e. The second-order valence-corrected chi connectivity index (χ2v) is 5.76. The van der Waals surface area contributed by atoms with Crippen LogP contribution in [-0.4, -0.2) is 23.0 Å². The van der Waals surface area contributed by atoms with E-state index in [1.54, 1.807) is 0 Å². The van der Waals surface area contributed by atoms with Crippen molar-refractivity contribution in [1.82, 2.24) is 4.40 Å². The van der Waals surface area contributed by atoms with Crippen molar-refractivity contribution in [2.45, 2.75) is 45.1 Å². The summed E-state index contributed by atoms with van der Waals surface area (Å²) in [7, 11) is 0. The van der Waals surface area contributed by atoms with E-state index in [2.05, 4.69) is 16.7 Å². The number of pyridine rings is 1. The number of nitrogens with zero attached hydrogens (tertiary/aromatic N) is 1. The maximum absolute atomic E-state index is 12.0. The molecule has 0 saturated heterocycles. The molecule has 2 aromatic heterocycles. The molecule has 0 radical (unpaired) electrons. The number of rotatable bonds is 4. The average molecular weight is 286 g/mol. The number of fused-ring (bicyclic) bond motifs is 3. The summed E-state index contributed by atoms with van der Waals surface area (Å²) in [5.74, 6) is -0.133. The summed E-state index contributed by atoms with van der Waals surface area (Å²) in [6.45, 7) is 2.50. The fraction of sp³-hybridized carbons (Fsp3) is 0.471. The van der Waals surface area contributed by atoms with Gasteiger partial charge in [0.25, 0.3) is 0 Å². The van der Waals surface area contributed by atoms with Crippen LogP contribution in [0.25, 0.3) is 5.52 Å². The number of carbonyl (C=O) groups is 1. The SMILES string of the molecule is CCCOC(=O)Cc1c2c(n3ccccc13)CC(N)CC2. The van der Waals surface area contributed by atoms with E-state index in [1.807, 2.05) is 19.1 Å². The van der Waals surface area contributed by atoms with E-state index in [-0.39, 0.29) is 12.0 Å². The molecule has 0 saturated carbocycles. The van der Waals surface area contributed by atoms with Crippen LogP contribution in [0.5, 0.6) is 0 Å². The van der Waals surface area contributed by atoms with Crippen molar-refractivity contribution in [3.63, 3.8) is 0 Å². The molecule has 21 heavy (non-hydrogen) atoms. The van der Waals surface area contributed by atoms with Crippen molar-refractivity contribution in [1.29, 1.82) is 0 Å². The zero-order chi connectivity index (χ0) is 14.8. The highest BCUT2D eigenvalue weighted by Crippen LogP contribution is 2.30. The van der Waals surface area contributed by atoms with Crippen LogP contribution >= 0.6 is 0 Å². The Bertz CT molecular complexity index is 660. The summed E-state index contributed by atoms with van der Waals surface area (Å²) in [5.41, 5.74) is 10.9. The van der Waals surface area contributed by atoms with Crippen LogP contribution in [0.3, 0.4) is 0 Å². The highest BCUT2D eigenvalue weighted by atomic mass is 16.5. The van der Waals surface area contributed by atoms with E-state index in [0.29, 0.717) is 13.0 Å². The van der Waals surface area contributed by atoms with E-state index in [0.717, 1.165) is 36.8 Å². The van der Waals surface area contributed by atoms with Gasteiger partial charge in [-0.15, -0.1) is 0 Å². The molecule has 0 amide bonds. The van der Waals surface area contributed by atoms with Gasteiger partial charge in [-0.25, -0.2) is 0 Å². The molecule has 0 spiro atoms. The van der Waals surface area contributed by atoms with Gasteiger partial charge < -0.3 is 14.9 Å². The molecule has 2 heterocycles. The second-order valence-electron chi connectivity index (χ2n) is 5.76. The summed E-state index contributed by atoms with van der Waals surface area (Å²) in [6, 6.07) is 6.33. The Balaban J connectivity index is 1.99. The summed E-state index contributed by atoms with van der Waals surface area (Å²) < 4.78 is 7.44. The Morgan fingerprint density at radius 3 is 3.14 bits per heavy atom. The van der Waals surface area contributed by atoms with Crippen molar-refractivity contribution in [3.8, 4) is 0 Å². The van der Waals surface area contributed by atoms with Gasteiger partial charge in [-0.2, -0.15) is 0 Å². The zero-order valence-corrected chi connectivity index (χ0v) is 12.5. The van der Waals surface area contributed by atoms with Crippen molar-refractivity contribution in [2.75, 3.05) is 6.61 Å². The topological polar surface area (TPSA) is 56.7 Å². The fourth-order valence-corrected chi connectivity index (χ4v) is 3.20. The van der Waals surface area contributed by atoms with E-state index < -0.39 is 0 Å². The number of hydrogen-bond acceptors (Lipinski definition) is 3. The van der Waals surface area contributed by atoms with Gasteiger partial charge in [0.1, 0.15) is 0 Å². The number of carbonyl (C=O) groups excluding carboxylic acids is 1. The van der Waals surface area contributed by atoms with Crippen LogP contribution in [0.15, 0.2) is 24.4 Å². The monoisotopic (exact) mass is 286 g/mol. The van der Waals surface area contributed by atoms with Gasteiger partial charge in [0, 0.05) is 29.9 Å². The molecule has 0 bridgehead atoms. The highest BCUT2D eigenvalue weighted by Gasteiger charge is 2.25. The first-order chi connectivity index (χ1) is 10.2. The molecule has 0 fully saturated rings. The molecule has 4 heteroatoms. The molecule has 112 valence electrons. The summed E-state index contributed by atoms with van der Waals surface area (Å²) in [5, 5.41) is 0. The predicted octanol–water partition coefficient (Wildman–Crippen LogP) is 2.25. The van der Waals surface area contributed by atoms with Gasteiger partial charge in [0.2, 0.25) is 0 Å². The zero-order valence-electron chi connectivity index (χ0n) is 12.5. The fourth-order valence-electron chi connectivity index (χ4n) is 3.20. The van der Waals surface area contributed by atoms with Crippen LogP contribution in [-0.2, 0) is 28.8 Å². The number of aromatic nitrogens is 1. The van der Waals surface area contributed by atoms with Gasteiger partial charge in [-0.3, -0.25) is 4.79 Å². The molecule has 2 N–H and O–H groups in total. The number of esters is 1. The third-order valence-corrected chi connectivity index (χ3v) is 4.18. The van der Waals surface area contributed by atoms with Crippen molar-refractivity contribution < 1.29 is 9.53 Å². The van der Waals surface area contributed by atoms with E-state index in [9.17, 15) is 4.79 Å². The standard InChI is InChI=1S/C17H22N2O2/c1-2-9-21-17(20)11-14-13-7-6-12(18)10-16(13)19-8-4-3-5-15(14)19/h3-5,8,12H,2,6-7,9-11,18H2,1H3. The minimum absolute atomic E-state index is 0.133. The van der Waals surface area contributed by atoms with Crippen molar-refractivity contribution in [2.24, 2.45) is 5.73 Å². The summed E-state index contributed by atoms with van der Waals surface area (Å²) >= 11 is 0. The van der Waals surface area contributed by atoms with Gasteiger partial charge in [-0.05, 0) is 42.5 Å². The Hall–Kier alpha value is -1.81. The van der Waals surface area contributed by atoms with Crippen LogP contribution in [0.2, 0.25) is 0 Å². The van der Waals surface area contributed by atoms with Gasteiger partial charge in [-0.1, -0.05) is 13.0 Å². The number of ether oxygens (including phenoxy) is 1. The third kappa shape index (κ3) is 2.68. The molecule has 4 nitrogen and oxygen atoms in total. The summed E-state index contributed by atoms with van der Waals surface area (Å²) in [4.78, 5) is 12.0. The summed E-state index contributed by atoms with van der Waals surface area (Å²) in [6.07, 6.45) is 6.10. The highest BCUT2D eigenvalue weighted by molar-refractivity contribution is 5.78. The quantitative estimate of drug-likeness (QED) is 0.877. The first-order valence-electron chi connectivity index (χ1n) is 7.71. The molecule has 1 aliphatic carbocycles. The van der Waals surface area contributed by atoms with Gasteiger partial charge in [0.05, 0.1) is 13.0 Å². The largest absolute Gasteiger partial charge is 0.465 e. The average Bonchev–Trinajstić information content (AvgIpc) is 2.79. The lowest BCUT2D eigenvalue weighted by atomic mass is 9.90. The van der Waals surface area contributed by atoms with Crippen molar-refractivity contribution in [3.05, 3.63) is 41.2 Å². The molecule has 3 rings (SSSR count). The molecule has 2 aromatic rings. The van der Waals surface area contributed by atoms with Crippen LogP contribution in [0.1, 0.15) is 36.6 Å². The third-order valence-electron chi connectivity index (χ3n) is 4.18. The lowest BCUT2D eigenvalue weighted by molar-refractivity contribution is -0.142. The normalized spacial score (nSPS) is 17.7. The second kappa shape index (κ2) is 5.90. The Morgan fingerprint density at radius 1 is 1.48 bits per heavy atom. The van der Waals surface area contributed by atoms with Gasteiger partial charge >= 0.3 is 5.97 Å². The lowest BCUT2D eigenvalue weighted by Gasteiger charge is -2.19. The molecule has 0 aromatic carbocycles. The minimum atomic E-state index is -0.133. The first-order valence-corrected chi connectivity index (χ1v) is 7.71. The van der Waals surface area contributed by atoms with E-state index in [1.165, 1.54) is 11.3 Å². The minimum Gasteiger partial charge on any atom is -0.465 e. The molecular weight excluding hydrogens is 264 g/mol. The van der Waals surface area contributed by atoms with Crippen LogP contribution < -0.4 is 5.73 Å². The van der Waals surface area contributed by atoms with Crippen molar-refractivity contribution >= 4 is 11.5 Å². The maximum Gasteiger partial charge on any atom is 0.310 e. The number of nitrogens with two attached hydrogens (primary N) is 1. The molecular formula is C17H22N2O2. The predicted molar refractivity (Wildman–Crippen MR) is 82.4 cm³/mol. The lowest BCUT2D eigenvalue weighted by Crippen LogP contribution is -2.28. The Labute approximate surface area is 124 Å². The molecule has 1 unspecified atom stereocenters. The number of hydrogen-bond donors (Lipinski definition) is 1. The molecule has 0 aliphatic heterocycles. The van der Waals surface area contributed by atoms with Gasteiger partial charge in [0.15, 0.2) is 0 Å². The van der Waals surface area contributed by atoms with Crippen LogP contribution in [0.4, 0.5) is 0 Å². The van der Waals surface area contributed by atoms with E-state index in [4.69, 9.17) is 10.5 Å². The molecule has 1 aliphatic rings. The van der Waals surface area contributed by atoms with Crippen LogP contribution in [0, 0.1) is 0 Å². The van der Waals surface area contributed by atoms with E-state index >= 15 is 0 Å².